The van der Waals surface area contributed by atoms with E-state index >= 15 is 0 Å². The molecular weight excluding hydrogens is 270 g/mol. The minimum atomic E-state index is -0.144. The number of anilines is 2. The van der Waals surface area contributed by atoms with Crippen LogP contribution in [0.5, 0.6) is 0 Å². The van der Waals surface area contributed by atoms with Crippen molar-refractivity contribution in [3.05, 3.63) is 95.1 Å². The van der Waals surface area contributed by atoms with E-state index in [1.807, 2.05) is 60.7 Å². The standard InChI is InChI=1S/C19H15N3/c1-2-8-15(9-3-1)20-16-10-6-7-14(13-16)19-21-17-11-4-5-12-18(17)22-19/h1-13,19-20H. The van der Waals surface area contributed by atoms with Gasteiger partial charge in [0.1, 0.15) is 0 Å². The number of nitrogens with zero attached hydrogens (tertiary/aromatic N) is 2. The molecule has 0 aromatic heterocycles. The highest BCUT2D eigenvalue weighted by Crippen LogP contribution is 2.24. The second-order valence-electron chi connectivity index (χ2n) is 5.24. The van der Waals surface area contributed by atoms with Crippen LogP contribution in [-0.2, 0) is 0 Å². The normalized spacial score (nSPS) is 13.1. The number of nitrogens with one attached hydrogen (secondary N) is 1. The molecular formula is C19H15N3. The fraction of sp³-hybridized carbons (Fsp3) is 0.0526. The van der Waals surface area contributed by atoms with Crippen molar-refractivity contribution in [3.63, 3.8) is 0 Å². The largest absolute Gasteiger partial charge is 0.356 e. The molecule has 3 aromatic carbocycles. The van der Waals surface area contributed by atoms with Crippen LogP contribution >= 0.6 is 0 Å². The molecule has 0 unspecified atom stereocenters. The van der Waals surface area contributed by atoms with Crippen LogP contribution in [0.25, 0.3) is 0 Å². The molecule has 106 valence electrons. The fourth-order valence-electron chi connectivity index (χ4n) is 2.59. The van der Waals surface area contributed by atoms with Gasteiger partial charge in [0.15, 0.2) is 6.17 Å². The van der Waals surface area contributed by atoms with Gasteiger partial charge in [-0.05, 0) is 36.4 Å². The minimum Gasteiger partial charge on any atom is -0.356 e. The Labute approximate surface area is 128 Å². The van der Waals surface area contributed by atoms with Crippen molar-refractivity contribution in [2.45, 2.75) is 6.17 Å². The van der Waals surface area contributed by atoms with Crippen LogP contribution in [0.2, 0.25) is 0 Å². The average molecular weight is 285 g/mol. The van der Waals surface area contributed by atoms with Crippen molar-refractivity contribution in [3.8, 4) is 0 Å². The fourth-order valence-corrected chi connectivity index (χ4v) is 2.59. The maximum absolute atomic E-state index is 4.68. The van der Waals surface area contributed by atoms with E-state index in [-0.39, 0.29) is 6.17 Å². The molecule has 0 saturated heterocycles. The number of rotatable bonds is 3. The number of para-hydroxylation sites is 3. The van der Waals surface area contributed by atoms with E-state index in [1.165, 1.54) is 0 Å². The summed E-state index contributed by atoms with van der Waals surface area (Å²) in [4.78, 5) is 9.35. The Morgan fingerprint density at radius 2 is 1.27 bits per heavy atom. The first-order valence-corrected chi connectivity index (χ1v) is 7.31. The summed E-state index contributed by atoms with van der Waals surface area (Å²) in [5.41, 5.74) is 3.21. The van der Waals surface area contributed by atoms with Crippen molar-refractivity contribution in [2.75, 3.05) is 5.32 Å². The van der Waals surface area contributed by atoms with Gasteiger partial charge in [0.2, 0.25) is 0 Å². The Bertz CT molecular complexity index is 882. The summed E-state index contributed by atoms with van der Waals surface area (Å²) in [5, 5.41) is 5.34. The molecule has 0 aliphatic carbocycles. The van der Waals surface area contributed by atoms with E-state index < -0.39 is 0 Å². The third kappa shape index (κ3) is 2.49. The zero-order valence-corrected chi connectivity index (χ0v) is 12.0. The maximum atomic E-state index is 4.68. The van der Waals surface area contributed by atoms with E-state index in [4.69, 9.17) is 0 Å². The van der Waals surface area contributed by atoms with Crippen LogP contribution in [0, 0.1) is 0 Å². The van der Waals surface area contributed by atoms with Crippen LogP contribution < -0.4 is 16.0 Å². The first-order chi connectivity index (χ1) is 10.9. The molecule has 1 N–H and O–H groups in total. The summed E-state index contributed by atoms with van der Waals surface area (Å²) in [5.74, 6) is 0. The molecule has 0 saturated carbocycles. The predicted octanol–water partition coefficient (Wildman–Crippen LogP) is 3.38. The monoisotopic (exact) mass is 285 g/mol. The Morgan fingerprint density at radius 1 is 0.636 bits per heavy atom. The first kappa shape index (κ1) is 12.8. The summed E-state index contributed by atoms with van der Waals surface area (Å²) >= 11 is 0. The van der Waals surface area contributed by atoms with Gasteiger partial charge in [-0.2, -0.15) is 0 Å². The number of hydrogen-bond donors (Lipinski definition) is 1. The molecule has 1 aliphatic rings. The zero-order chi connectivity index (χ0) is 14.8. The molecule has 0 radical (unpaired) electrons. The van der Waals surface area contributed by atoms with E-state index in [2.05, 4.69) is 33.5 Å². The third-order valence-electron chi connectivity index (χ3n) is 3.65. The highest BCUT2D eigenvalue weighted by atomic mass is 15.0. The third-order valence-corrected chi connectivity index (χ3v) is 3.65. The van der Waals surface area contributed by atoms with E-state index in [0.29, 0.717) is 0 Å². The molecule has 0 amide bonds. The Balaban J connectivity index is 1.64. The van der Waals surface area contributed by atoms with Gasteiger partial charge in [-0.15, -0.1) is 0 Å². The molecule has 3 nitrogen and oxygen atoms in total. The second kappa shape index (κ2) is 5.45. The molecule has 0 bridgehead atoms. The molecule has 0 spiro atoms. The van der Waals surface area contributed by atoms with Gasteiger partial charge in [0.05, 0.1) is 10.7 Å². The molecule has 1 aliphatic heterocycles. The zero-order valence-electron chi connectivity index (χ0n) is 12.0. The molecule has 4 rings (SSSR count). The van der Waals surface area contributed by atoms with E-state index in [1.54, 1.807) is 0 Å². The number of fused-ring (bicyclic) bond motifs is 1. The highest BCUT2D eigenvalue weighted by Gasteiger charge is 2.12. The van der Waals surface area contributed by atoms with Gasteiger partial charge < -0.3 is 5.32 Å². The van der Waals surface area contributed by atoms with Crippen LogP contribution in [0.3, 0.4) is 0 Å². The molecule has 1 heterocycles. The van der Waals surface area contributed by atoms with Crippen LogP contribution in [0.15, 0.2) is 88.8 Å². The number of benzene rings is 3. The van der Waals surface area contributed by atoms with Gasteiger partial charge >= 0.3 is 0 Å². The SMILES string of the molecule is c1ccc(Nc2cccc(C3N=c4ccccc4=N3)c2)cc1. The van der Waals surface area contributed by atoms with Crippen molar-refractivity contribution in [2.24, 2.45) is 9.98 Å². The van der Waals surface area contributed by atoms with Gasteiger partial charge in [0, 0.05) is 16.9 Å². The molecule has 22 heavy (non-hydrogen) atoms. The summed E-state index contributed by atoms with van der Waals surface area (Å²) < 4.78 is 0. The summed E-state index contributed by atoms with van der Waals surface area (Å²) in [7, 11) is 0. The predicted molar refractivity (Wildman–Crippen MR) is 87.7 cm³/mol. The Morgan fingerprint density at radius 3 is 2.00 bits per heavy atom. The van der Waals surface area contributed by atoms with Crippen molar-refractivity contribution >= 4 is 11.4 Å². The lowest BCUT2D eigenvalue weighted by Crippen LogP contribution is -2.19. The van der Waals surface area contributed by atoms with Crippen molar-refractivity contribution in [1.29, 1.82) is 0 Å². The lowest BCUT2D eigenvalue weighted by molar-refractivity contribution is 0.771. The smallest absolute Gasteiger partial charge is 0.166 e. The Hall–Kier alpha value is -2.94. The summed E-state index contributed by atoms with van der Waals surface area (Å²) in [6.07, 6.45) is -0.144. The Kier molecular flexibility index (Phi) is 3.16. The first-order valence-electron chi connectivity index (χ1n) is 7.31. The molecule has 0 atom stereocenters. The molecule has 3 heteroatoms. The van der Waals surface area contributed by atoms with Crippen molar-refractivity contribution < 1.29 is 0 Å². The maximum Gasteiger partial charge on any atom is 0.166 e. The quantitative estimate of drug-likeness (QED) is 0.787. The van der Waals surface area contributed by atoms with Gasteiger partial charge in [-0.3, -0.25) is 9.98 Å². The average Bonchev–Trinajstić information content (AvgIpc) is 3.00. The minimum absolute atomic E-state index is 0.144. The van der Waals surface area contributed by atoms with Gasteiger partial charge in [-0.25, -0.2) is 0 Å². The van der Waals surface area contributed by atoms with Gasteiger partial charge in [0.25, 0.3) is 0 Å². The van der Waals surface area contributed by atoms with Crippen LogP contribution in [-0.4, -0.2) is 0 Å². The molecule has 0 fully saturated rings. The molecule has 3 aromatic rings. The lowest BCUT2D eigenvalue weighted by atomic mass is 10.1. The highest BCUT2D eigenvalue weighted by molar-refractivity contribution is 5.60. The van der Waals surface area contributed by atoms with Crippen molar-refractivity contribution in [1.82, 2.24) is 0 Å². The number of hydrogen-bond acceptors (Lipinski definition) is 3. The second-order valence-corrected chi connectivity index (χ2v) is 5.24. The van der Waals surface area contributed by atoms with Gasteiger partial charge in [-0.1, -0.05) is 42.5 Å². The van der Waals surface area contributed by atoms with Crippen LogP contribution in [0.4, 0.5) is 11.4 Å². The lowest BCUT2D eigenvalue weighted by Gasteiger charge is -2.10. The summed E-state index contributed by atoms with van der Waals surface area (Å²) in [6, 6.07) is 26.4. The topological polar surface area (TPSA) is 36.8 Å². The summed E-state index contributed by atoms with van der Waals surface area (Å²) in [6.45, 7) is 0. The van der Waals surface area contributed by atoms with Crippen LogP contribution in [0.1, 0.15) is 11.7 Å². The van der Waals surface area contributed by atoms with E-state index in [9.17, 15) is 0 Å². The van der Waals surface area contributed by atoms with E-state index in [0.717, 1.165) is 27.7 Å².